The number of likely N-dealkylation sites (N-methyl/N-ethyl adjacent to an activating group) is 1. The van der Waals surface area contributed by atoms with Crippen molar-refractivity contribution in [3.63, 3.8) is 0 Å². The summed E-state index contributed by atoms with van der Waals surface area (Å²) in [5, 5.41) is 11.4. The maximum absolute atomic E-state index is 14.9. The summed E-state index contributed by atoms with van der Waals surface area (Å²) < 4.78 is 28.0. The van der Waals surface area contributed by atoms with Gasteiger partial charge in [0.1, 0.15) is 12.1 Å². The van der Waals surface area contributed by atoms with Crippen LogP contribution in [0.15, 0.2) is 36.9 Å². The second kappa shape index (κ2) is 15.7. The number of likely N-dealkylation sites (tertiary alicyclic amines) is 1. The van der Waals surface area contributed by atoms with E-state index < -0.39 is 63.4 Å². The van der Waals surface area contributed by atoms with Crippen molar-refractivity contribution in [3.8, 4) is 0 Å². The first-order valence-electron chi connectivity index (χ1n) is 19.0. The Morgan fingerprint density at radius 1 is 1.00 bits per heavy atom. The normalized spacial score (nSPS) is 23.5. The minimum atomic E-state index is -3.76. The number of amides is 5. The lowest BCUT2D eigenvalue weighted by molar-refractivity contribution is -0.144. The lowest BCUT2D eigenvalue weighted by atomic mass is 9.86. The number of fused-ring (bicyclic) bond motifs is 2. The summed E-state index contributed by atoms with van der Waals surface area (Å²) in [5.41, 5.74) is 1.39. The highest BCUT2D eigenvalue weighted by Gasteiger charge is 2.70. The zero-order valence-corrected chi connectivity index (χ0v) is 33.8. The van der Waals surface area contributed by atoms with Gasteiger partial charge in [-0.25, -0.2) is 4.79 Å². The zero-order valence-electron chi connectivity index (χ0n) is 33.0. The third-order valence-electron chi connectivity index (χ3n) is 12.0. The number of carbonyl (C=O) groups excluding carboxylic acids is 5. The van der Waals surface area contributed by atoms with Crippen LogP contribution in [0.2, 0.25) is 0 Å². The number of nitrogens with one attached hydrogen (secondary N) is 4. The molecule has 3 aliphatic carbocycles. The molecule has 1 aromatic carbocycles. The van der Waals surface area contributed by atoms with Gasteiger partial charge in [-0.3, -0.25) is 19.2 Å². The molecular weight excluding hydrogens is 711 g/mol. The van der Waals surface area contributed by atoms with E-state index in [1.807, 2.05) is 45.0 Å². The van der Waals surface area contributed by atoms with E-state index in [-0.39, 0.29) is 48.1 Å². The van der Waals surface area contributed by atoms with Crippen molar-refractivity contribution in [2.45, 2.75) is 90.9 Å². The molecule has 3 fully saturated rings. The van der Waals surface area contributed by atoms with Crippen LogP contribution in [0.4, 0.5) is 4.79 Å². The fourth-order valence-corrected chi connectivity index (χ4v) is 9.19. The van der Waals surface area contributed by atoms with Crippen LogP contribution in [-0.4, -0.2) is 116 Å². The third kappa shape index (κ3) is 8.83. The van der Waals surface area contributed by atoms with Crippen LogP contribution < -0.4 is 21.3 Å². The summed E-state index contributed by atoms with van der Waals surface area (Å²) in [6.45, 7) is 13.8. The average molecular weight is 770 g/mol. The number of hydrogen-bond acceptors (Lipinski definition) is 7. The maximum Gasteiger partial charge on any atom is 0.315 e. The molecule has 2 saturated carbocycles. The highest BCUT2D eigenvalue weighted by atomic mass is 32.2. The Morgan fingerprint density at radius 2 is 1.61 bits per heavy atom. The molecule has 298 valence electrons. The molecule has 0 spiro atoms. The number of nitrogens with zero attached hydrogens (tertiary/aromatic N) is 3. The zero-order chi connectivity index (χ0) is 39.9. The summed E-state index contributed by atoms with van der Waals surface area (Å²) in [7, 11) is 0.577. The number of urea groups is 1. The van der Waals surface area contributed by atoms with Crippen molar-refractivity contribution in [1.82, 2.24) is 34.8 Å². The SMILES string of the molecule is C=CCNC(=O)C(=O)C(CC1CC1)NC(=O)[C@@H]1[C@@H]2[C@H](CN1C(=O)[C@@H](NC(=O)N[C@H](CN(C)S(=O)(=O)N(C)C)C(C)(C)C)C1Cc3ccccc3C1)C2(C)C. The number of benzene rings is 1. The van der Waals surface area contributed by atoms with E-state index >= 15 is 0 Å². The molecule has 4 N–H and O–H groups in total. The number of piperidine rings is 1. The van der Waals surface area contributed by atoms with Gasteiger partial charge in [-0.15, -0.1) is 6.58 Å². The van der Waals surface area contributed by atoms with Gasteiger partial charge in [0.05, 0.1) is 6.04 Å². The van der Waals surface area contributed by atoms with Crippen LogP contribution >= 0.6 is 0 Å². The van der Waals surface area contributed by atoms with Crippen molar-refractivity contribution in [1.29, 1.82) is 0 Å². The van der Waals surface area contributed by atoms with Crippen molar-refractivity contribution in [2.24, 2.45) is 34.5 Å². The Labute approximate surface area is 320 Å². The second-order valence-corrected chi connectivity index (χ2v) is 19.8. The average Bonchev–Trinajstić information content (AvgIpc) is 3.85. The van der Waals surface area contributed by atoms with Gasteiger partial charge in [0, 0.05) is 46.8 Å². The Balaban J connectivity index is 1.40. The van der Waals surface area contributed by atoms with Gasteiger partial charge in [-0.05, 0) is 64.9 Å². The van der Waals surface area contributed by atoms with E-state index in [4.69, 9.17) is 0 Å². The van der Waals surface area contributed by atoms with Gasteiger partial charge in [-0.2, -0.15) is 17.0 Å². The van der Waals surface area contributed by atoms with E-state index in [1.54, 1.807) is 4.90 Å². The fraction of sp³-hybridized carbons (Fsp3) is 0.667. The lowest BCUT2D eigenvalue weighted by Crippen LogP contribution is -2.62. The molecule has 14 nitrogen and oxygen atoms in total. The minimum Gasteiger partial charge on any atom is -0.346 e. The van der Waals surface area contributed by atoms with E-state index in [9.17, 15) is 32.4 Å². The molecule has 5 amide bonds. The smallest absolute Gasteiger partial charge is 0.315 e. The van der Waals surface area contributed by atoms with Gasteiger partial charge < -0.3 is 26.2 Å². The highest BCUT2D eigenvalue weighted by Crippen LogP contribution is 2.65. The van der Waals surface area contributed by atoms with Gasteiger partial charge in [0.2, 0.25) is 17.6 Å². The Bertz CT molecular complexity index is 1730. The molecule has 1 aliphatic heterocycles. The Hall–Kier alpha value is -3.82. The summed E-state index contributed by atoms with van der Waals surface area (Å²) in [6.07, 6.45) is 4.73. The van der Waals surface area contributed by atoms with E-state index in [2.05, 4.69) is 41.7 Å². The number of Topliss-reactive ketones (excluding diaryl/α,β-unsaturated/α-hetero) is 1. The highest BCUT2D eigenvalue weighted by molar-refractivity contribution is 7.86. The summed E-state index contributed by atoms with van der Waals surface area (Å²) in [4.78, 5) is 70.7. The topological polar surface area (TPSA) is 177 Å². The molecule has 1 unspecified atom stereocenters. The molecule has 6 atom stereocenters. The first kappa shape index (κ1) is 41.3. The number of ketones is 1. The first-order valence-corrected chi connectivity index (χ1v) is 20.4. The van der Waals surface area contributed by atoms with Crippen molar-refractivity contribution in [3.05, 3.63) is 48.0 Å². The van der Waals surface area contributed by atoms with Crippen LogP contribution in [0.5, 0.6) is 0 Å². The first-order chi connectivity index (χ1) is 25.2. The molecule has 0 bridgehead atoms. The fourth-order valence-electron chi connectivity index (χ4n) is 8.29. The van der Waals surface area contributed by atoms with Crippen LogP contribution in [0, 0.1) is 34.5 Å². The molecule has 54 heavy (non-hydrogen) atoms. The van der Waals surface area contributed by atoms with Crippen LogP contribution in [0.1, 0.15) is 65.0 Å². The number of carbonyl (C=O) groups is 5. The molecular formula is C39H59N7O7S. The summed E-state index contributed by atoms with van der Waals surface area (Å²) >= 11 is 0. The molecule has 5 rings (SSSR count). The van der Waals surface area contributed by atoms with Gasteiger partial charge in [0.25, 0.3) is 16.1 Å². The van der Waals surface area contributed by atoms with E-state index in [1.165, 1.54) is 31.5 Å². The van der Waals surface area contributed by atoms with Crippen molar-refractivity contribution >= 4 is 39.7 Å². The molecule has 0 aromatic heterocycles. The Kier molecular flexibility index (Phi) is 12.0. The number of rotatable bonds is 16. The quantitative estimate of drug-likeness (QED) is 0.147. The van der Waals surface area contributed by atoms with Gasteiger partial charge in [-0.1, -0.05) is 77.8 Å². The molecule has 1 saturated heterocycles. The van der Waals surface area contributed by atoms with Crippen molar-refractivity contribution < 1.29 is 32.4 Å². The Morgan fingerprint density at radius 3 is 2.15 bits per heavy atom. The van der Waals surface area contributed by atoms with Crippen LogP contribution in [-0.2, 0) is 42.2 Å². The summed E-state index contributed by atoms with van der Waals surface area (Å²) in [6, 6.07) is 3.73. The molecule has 4 aliphatic rings. The standard InChI is InChI=1S/C39H59N7O7S/c1-10-17-40-35(49)33(47)28(18-23-15-16-23)41-34(48)32-30-27(39(30,5)6)21-46(32)36(50)31(26-19-24-13-11-12-14-25(24)20-26)43-37(51)42-29(38(2,3)4)22-45(9)54(52,53)44(7)8/h10-14,23,26-32H,1,15-22H2,2-9H3,(H,40,49)(H,41,48)(H2,42,43,51)/t27-,28?,29+,30-,31-,32-/m0/s1. The molecule has 15 heteroatoms. The van der Waals surface area contributed by atoms with Crippen molar-refractivity contribution in [2.75, 3.05) is 40.8 Å². The van der Waals surface area contributed by atoms with E-state index in [0.29, 0.717) is 25.8 Å². The maximum atomic E-state index is 14.9. The monoisotopic (exact) mass is 769 g/mol. The third-order valence-corrected chi connectivity index (χ3v) is 13.9. The second-order valence-electron chi connectivity index (χ2n) is 17.5. The predicted molar refractivity (Wildman–Crippen MR) is 205 cm³/mol. The predicted octanol–water partition coefficient (Wildman–Crippen LogP) is 1.86. The van der Waals surface area contributed by atoms with Gasteiger partial charge in [0.15, 0.2) is 0 Å². The van der Waals surface area contributed by atoms with Crippen LogP contribution in [0.3, 0.4) is 0 Å². The number of hydrogen-bond donors (Lipinski definition) is 4. The molecule has 1 aromatic rings. The largest absolute Gasteiger partial charge is 0.346 e. The summed E-state index contributed by atoms with van der Waals surface area (Å²) in [5.74, 6) is -2.59. The molecule has 0 radical (unpaired) electrons. The molecule has 1 heterocycles. The van der Waals surface area contributed by atoms with Crippen LogP contribution in [0.25, 0.3) is 0 Å². The minimum absolute atomic E-state index is 0.00984. The van der Waals surface area contributed by atoms with E-state index in [0.717, 1.165) is 28.3 Å². The lowest BCUT2D eigenvalue weighted by Gasteiger charge is -2.37. The van der Waals surface area contributed by atoms with Gasteiger partial charge >= 0.3 is 6.03 Å².